The molecule has 0 bridgehead atoms. The number of fused-ring (bicyclic) bond motifs is 3. The first-order valence-electron chi connectivity index (χ1n) is 9.51. The van der Waals surface area contributed by atoms with Crippen LogP contribution in [0.1, 0.15) is 72.8 Å². The number of hydrogen-bond acceptors (Lipinski definition) is 4. The smallest absolute Gasteiger partial charge is 0.180 e. The third-order valence-corrected chi connectivity index (χ3v) is 5.48. The number of aromatic nitrogens is 3. The van der Waals surface area contributed by atoms with E-state index in [9.17, 15) is 0 Å². The van der Waals surface area contributed by atoms with E-state index in [4.69, 9.17) is 9.72 Å². The van der Waals surface area contributed by atoms with Crippen molar-refractivity contribution in [1.82, 2.24) is 14.6 Å². The Labute approximate surface area is 150 Å². The Bertz CT molecular complexity index is 796. The fourth-order valence-corrected chi connectivity index (χ4v) is 4.32. The molecule has 0 N–H and O–H groups in total. The summed E-state index contributed by atoms with van der Waals surface area (Å²) in [6.45, 7) is 13.5. The highest BCUT2D eigenvalue weighted by molar-refractivity contribution is 5.63. The largest absolute Gasteiger partial charge is 0.483 e. The van der Waals surface area contributed by atoms with Gasteiger partial charge in [0.2, 0.25) is 0 Å². The highest BCUT2D eigenvalue weighted by Gasteiger charge is 2.43. The Hall–Kier alpha value is -1.78. The van der Waals surface area contributed by atoms with Gasteiger partial charge in [-0.15, -0.1) is 0 Å². The summed E-state index contributed by atoms with van der Waals surface area (Å²) < 4.78 is 8.28. The van der Waals surface area contributed by atoms with Gasteiger partial charge in [-0.25, -0.2) is 9.50 Å². The molecule has 1 aliphatic heterocycles. The van der Waals surface area contributed by atoms with E-state index >= 15 is 0 Å². The van der Waals surface area contributed by atoms with Gasteiger partial charge in [0.25, 0.3) is 0 Å². The fraction of sp³-hybridized carbons (Fsp3) is 0.700. The third-order valence-electron chi connectivity index (χ3n) is 5.48. The van der Waals surface area contributed by atoms with Crippen molar-refractivity contribution in [3.63, 3.8) is 0 Å². The molecule has 3 heterocycles. The molecular weight excluding hydrogens is 312 g/mol. The van der Waals surface area contributed by atoms with Gasteiger partial charge in [-0.3, -0.25) is 0 Å². The van der Waals surface area contributed by atoms with Crippen LogP contribution in [-0.4, -0.2) is 32.3 Å². The normalized spacial score (nSPS) is 24.0. The van der Waals surface area contributed by atoms with Crippen LogP contribution in [0.5, 0.6) is 5.75 Å². The van der Waals surface area contributed by atoms with Crippen LogP contribution >= 0.6 is 0 Å². The van der Waals surface area contributed by atoms with Gasteiger partial charge in [-0.1, -0.05) is 27.2 Å². The van der Waals surface area contributed by atoms with Crippen molar-refractivity contribution in [2.24, 2.45) is 0 Å². The Morgan fingerprint density at radius 1 is 1.08 bits per heavy atom. The predicted molar refractivity (Wildman–Crippen MR) is 101 cm³/mol. The number of anilines is 1. The van der Waals surface area contributed by atoms with Crippen molar-refractivity contribution >= 4 is 11.5 Å². The summed E-state index contributed by atoms with van der Waals surface area (Å²) in [5.74, 6) is 1.85. The zero-order chi connectivity index (χ0) is 18.0. The molecule has 0 saturated heterocycles. The van der Waals surface area contributed by atoms with Crippen LogP contribution in [0.4, 0.5) is 5.82 Å². The summed E-state index contributed by atoms with van der Waals surface area (Å²) in [5.41, 5.74) is 2.14. The van der Waals surface area contributed by atoms with E-state index in [0.29, 0.717) is 6.04 Å². The molecule has 1 fully saturated rings. The van der Waals surface area contributed by atoms with Gasteiger partial charge < -0.3 is 9.64 Å². The summed E-state index contributed by atoms with van der Waals surface area (Å²) in [6.07, 6.45) is 9.06. The topological polar surface area (TPSA) is 42.7 Å². The van der Waals surface area contributed by atoms with Crippen molar-refractivity contribution in [2.45, 2.75) is 90.3 Å². The molecule has 5 nitrogen and oxygen atoms in total. The maximum absolute atomic E-state index is 6.40. The first-order chi connectivity index (χ1) is 11.7. The van der Waals surface area contributed by atoms with E-state index in [1.807, 2.05) is 16.9 Å². The second-order valence-electron chi connectivity index (χ2n) is 9.55. The van der Waals surface area contributed by atoms with E-state index < -0.39 is 0 Å². The third kappa shape index (κ3) is 2.68. The number of hydrogen-bond donors (Lipinski definition) is 0. The highest BCUT2D eigenvalue weighted by atomic mass is 16.5. The van der Waals surface area contributed by atoms with E-state index in [1.165, 1.54) is 24.8 Å². The second kappa shape index (κ2) is 5.36. The molecule has 1 aliphatic carbocycles. The minimum Gasteiger partial charge on any atom is -0.483 e. The number of nitrogens with zero attached hydrogens (tertiary/aromatic N) is 4. The Kier molecular flexibility index (Phi) is 3.57. The zero-order valence-electron chi connectivity index (χ0n) is 16.3. The van der Waals surface area contributed by atoms with Crippen LogP contribution in [0.2, 0.25) is 0 Å². The highest BCUT2D eigenvalue weighted by Crippen LogP contribution is 2.43. The lowest BCUT2D eigenvalue weighted by Gasteiger charge is -2.50. The van der Waals surface area contributed by atoms with Crippen LogP contribution in [-0.2, 0) is 5.41 Å². The van der Waals surface area contributed by atoms with E-state index in [-0.39, 0.29) is 17.1 Å². The van der Waals surface area contributed by atoms with Gasteiger partial charge in [0.05, 0.1) is 18.4 Å². The van der Waals surface area contributed by atoms with Crippen LogP contribution in [0, 0.1) is 0 Å². The molecule has 0 radical (unpaired) electrons. The molecule has 0 unspecified atom stereocenters. The maximum atomic E-state index is 6.40. The number of ether oxygens (including phenoxy) is 1. The minimum atomic E-state index is 0.00600. The predicted octanol–water partition coefficient (Wildman–Crippen LogP) is 4.34. The number of rotatable bonds is 0. The molecular formula is C20H30N4O. The minimum absolute atomic E-state index is 0.00600. The molecule has 0 spiro atoms. The molecule has 2 aromatic rings. The SMILES string of the molecule is CC(C)(C)c1cnn2cc3c(nc12)N(C(C)(C)C)[C@@H]1CCCC[C@@H]1O3. The molecule has 4 rings (SSSR count). The summed E-state index contributed by atoms with van der Waals surface area (Å²) in [6, 6.07) is 0.414. The van der Waals surface area contributed by atoms with E-state index in [0.717, 1.165) is 23.6 Å². The molecule has 2 aromatic heterocycles. The molecule has 5 heteroatoms. The summed E-state index contributed by atoms with van der Waals surface area (Å²) in [4.78, 5) is 7.59. The van der Waals surface area contributed by atoms with Crippen LogP contribution in [0.3, 0.4) is 0 Å². The first kappa shape index (κ1) is 16.7. The molecule has 25 heavy (non-hydrogen) atoms. The van der Waals surface area contributed by atoms with Crippen molar-refractivity contribution in [3.8, 4) is 5.75 Å². The quantitative estimate of drug-likeness (QED) is 0.714. The first-order valence-corrected chi connectivity index (χ1v) is 9.51. The monoisotopic (exact) mass is 342 g/mol. The molecule has 0 aromatic carbocycles. The van der Waals surface area contributed by atoms with Crippen LogP contribution in [0.25, 0.3) is 5.65 Å². The van der Waals surface area contributed by atoms with Gasteiger partial charge in [-0.2, -0.15) is 5.10 Å². The Morgan fingerprint density at radius 2 is 1.80 bits per heavy atom. The van der Waals surface area contributed by atoms with Crippen molar-refractivity contribution in [2.75, 3.05) is 4.90 Å². The van der Waals surface area contributed by atoms with Gasteiger partial charge in [0.15, 0.2) is 17.2 Å². The van der Waals surface area contributed by atoms with Gasteiger partial charge >= 0.3 is 0 Å². The van der Waals surface area contributed by atoms with Gasteiger partial charge in [-0.05, 0) is 45.4 Å². The van der Waals surface area contributed by atoms with E-state index in [1.54, 1.807) is 0 Å². The van der Waals surface area contributed by atoms with Crippen molar-refractivity contribution in [3.05, 3.63) is 18.0 Å². The molecule has 2 aliphatic rings. The zero-order valence-corrected chi connectivity index (χ0v) is 16.3. The average Bonchev–Trinajstić information content (AvgIpc) is 2.91. The van der Waals surface area contributed by atoms with Crippen LogP contribution < -0.4 is 9.64 Å². The van der Waals surface area contributed by atoms with Crippen LogP contribution in [0.15, 0.2) is 12.4 Å². The lowest BCUT2D eigenvalue weighted by atomic mass is 9.87. The Morgan fingerprint density at radius 3 is 2.48 bits per heavy atom. The molecule has 2 atom stereocenters. The second-order valence-corrected chi connectivity index (χ2v) is 9.55. The fourth-order valence-electron chi connectivity index (χ4n) is 4.32. The molecule has 0 amide bonds. The Balaban J connectivity index is 1.92. The maximum Gasteiger partial charge on any atom is 0.180 e. The van der Waals surface area contributed by atoms with Crippen molar-refractivity contribution in [1.29, 1.82) is 0 Å². The molecule has 136 valence electrons. The van der Waals surface area contributed by atoms with Gasteiger partial charge in [0.1, 0.15) is 6.10 Å². The average molecular weight is 342 g/mol. The van der Waals surface area contributed by atoms with E-state index in [2.05, 4.69) is 51.5 Å². The molecule has 1 saturated carbocycles. The summed E-state index contributed by atoms with van der Waals surface area (Å²) in [5, 5.41) is 4.54. The summed E-state index contributed by atoms with van der Waals surface area (Å²) in [7, 11) is 0. The van der Waals surface area contributed by atoms with Crippen molar-refractivity contribution < 1.29 is 4.74 Å². The van der Waals surface area contributed by atoms with Gasteiger partial charge in [0, 0.05) is 11.1 Å². The lowest BCUT2D eigenvalue weighted by molar-refractivity contribution is 0.100. The lowest BCUT2D eigenvalue weighted by Crippen LogP contribution is -2.58. The standard InChI is InChI=1S/C20H30N4O/c1-19(2,3)13-11-21-23-12-16-18(22-17(13)23)24(20(4,5)6)14-9-7-8-10-15(14)25-16/h11-12,14-15H,7-10H2,1-6H3/t14-,15+/m1/s1. The summed E-state index contributed by atoms with van der Waals surface area (Å²) >= 11 is 0.